The zero-order valence-corrected chi connectivity index (χ0v) is 5.32. The Morgan fingerprint density at radius 3 is 2.50 bits per heavy atom. The summed E-state index contributed by atoms with van der Waals surface area (Å²) in [6.07, 6.45) is 0.563. The van der Waals surface area contributed by atoms with Gasteiger partial charge in [0.15, 0.2) is 5.96 Å². The number of aliphatic imine (C=N–C) groups is 1. The van der Waals surface area contributed by atoms with E-state index in [1.165, 1.54) is 0 Å². The molecule has 0 aromatic rings. The number of guanidine groups is 1. The highest BCUT2D eigenvalue weighted by Gasteiger charge is 2.43. The molecule has 10 heavy (non-hydrogen) atoms. The molecule has 1 aliphatic carbocycles. The van der Waals surface area contributed by atoms with Gasteiger partial charge < -0.3 is 16.6 Å². The van der Waals surface area contributed by atoms with Gasteiger partial charge in [0.2, 0.25) is 0 Å². The molecule has 1 rings (SSSR count). The maximum atomic E-state index is 10.2. The topological polar surface area (TPSA) is 102 Å². The molecule has 5 nitrogen and oxygen atoms in total. The van der Waals surface area contributed by atoms with Gasteiger partial charge in [-0.25, -0.2) is 4.99 Å². The predicted octanol–water partition coefficient (Wildman–Crippen LogP) is -1.27. The highest BCUT2D eigenvalue weighted by atomic mass is 16.4. The Morgan fingerprint density at radius 2 is 2.20 bits per heavy atom. The number of carboxylic acids is 1. The van der Waals surface area contributed by atoms with Crippen LogP contribution in [0.25, 0.3) is 0 Å². The maximum absolute atomic E-state index is 10.2. The van der Waals surface area contributed by atoms with Crippen molar-refractivity contribution in [1.82, 2.24) is 0 Å². The molecule has 0 aliphatic heterocycles. The van der Waals surface area contributed by atoms with Gasteiger partial charge in [0, 0.05) is 0 Å². The van der Waals surface area contributed by atoms with Crippen LogP contribution in [0.5, 0.6) is 0 Å². The maximum Gasteiger partial charge on any atom is 0.308 e. The van der Waals surface area contributed by atoms with Crippen LogP contribution in [0.1, 0.15) is 6.42 Å². The summed E-state index contributed by atoms with van der Waals surface area (Å²) in [7, 11) is 0. The van der Waals surface area contributed by atoms with E-state index >= 15 is 0 Å². The molecular formula is C5H9N3O2. The number of nitrogens with zero attached hydrogens (tertiary/aromatic N) is 1. The predicted molar refractivity (Wildman–Crippen MR) is 35.3 cm³/mol. The van der Waals surface area contributed by atoms with E-state index < -0.39 is 5.97 Å². The van der Waals surface area contributed by atoms with Crippen molar-refractivity contribution in [1.29, 1.82) is 0 Å². The lowest BCUT2D eigenvalue weighted by Gasteiger charge is -1.88. The van der Waals surface area contributed by atoms with Crippen LogP contribution in [0, 0.1) is 5.92 Å². The Bertz CT molecular complexity index is 185. The number of hydrogen-bond acceptors (Lipinski definition) is 2. The smallest absolute Gasteiger partial charge is 0.308 e. The van der Waals surface area contributed by atoms with Crippen LogP contribution in [0.4, 0.5) is 0 Å². The fourth-order valence-corrected chi connectivity index (χ4v) is 0.781. The number of carbonyl (C=O) groups is 1. The number of carboxylic acid groups (broad SMARTS) is 1. The summed E-state index contributed by atoms with van der Waals surface area (Å²) in [6.45, 7) is 0. The van der Waals surface area contributed by atoms with Crippen molar-refractivity contribution in [3.8, 4) is 0 Å². The molecule has 0 saturated heterocycles. The second-order valence-corrected chi connectivity index (χ2v) is 2.30. The van der Waals surface area contributed by atoms with Crippen molar-refractivity contribution in [3.63, 3.8) is 0 Å². The Labute approximate surface area is 57.7 Å². The normalized spacial score (nSPS) is 29.2. The van der Waals surface area contributed by atoms with Crippen LogP contribution in [-0.4, -0.2) is 23.1 Å². The Hall–Kier alpha value is -1.26. The summed E-state index contributed by atoms with van der Waals surface area (Å²) in [5.41, 5.74) is 10.1. The molecule has 0 radical (unpaired) electrons. The van der Waals surface area contributed by atoms with Gasteiger partial charge in [0.1, 0.15) is 0 Å². The summed E-state index contributed by atoms with van der Waals surface area (Å²) in [4.78, 5) is 13.9. The molecule has 0 bridgehead atoms. The molecule has 0 aromatic carbocycles. The van der Waals surface area contributed by atoms with E-state index in [9.17, 15) is 4.79 Å². The zero-order chi connectivity index (χ0) is 7.72. The van der Waals surface area contributed by atoms with Crippen LogP contribution >= 0.6 is 0 Å². The van der Waals surface area contributed by atoms with Crippen molar-refractivity contribution < 1.29 is 9.90 Å². The van der Waals surface area contributed by atoms with Gasteiger partial charge in [0.05, 0.1) is 12.0 Å². The van der Waals surface area contributed by atoms with Crippen LogP contribution in [0.2, 0.25) is 0 Å². The third-order valence-corrected chi connectivity index (χ3v) is 1.39. The van der Waals surface area contributed by atoms with Crippen molar-refractivity contribution in [3.05, 3.63) is 0 Å². The summed E-state index contributed by atoms with van der Waals surface area (Å²) < 4.78 is 0. The summed E-state index contributed by atoms with van der Waals surface area (Å²) in [5.74, 6) is -1.22. The average molecular weight is 143 g/mol. The van der Waals surface area contributed by atoms with Crippen LogP contribution < -0.4 is 11.5 Å². The molecule has 5 heteroatoms. The van der Waals surface area contributed by atoms with Crippen molar-refractivity contribution >= 4 is 11.9 Å². The quantitative estimate of drug-likeness (QED) is 0.331. The molecule has 56 valence electrons. The van der Waals surface area contributed by atoms with Gasteiger partial charge in [-0.1, -0.05) is 0 Å². The first-order valence-electron chi connectivity index (χ1n) is 2.93. The zero-order valence-electron chi connectivity index (χ0n) is 5.32. The lowest BCUT2D eigenvalue weighted by molar-refractivity contribution is -0.138. The first kappa shape index (κ1) is 6.85. The van der Waals surface area contributed by atoms with E-state index in [0.29, 0.717) is 6.42 Å². The standard InChI is InChI=1S/C5H9N3O2/c6-5(7)8-3-1-2(3)4(9)10/h2-3H,1H2,(H,9,10)(H4,6,7,8)/t2-,3?/m1/s1. The molecular weight excluding hydrogens is 134 g/mol. The average Bonchev–Trinajstić information content (AvgIpc) is 2.43. The summed E-state index contributed by atoms with van der Waals surface area (Å²) in [6, 6.07) is -0.178. The molecule has 0 heterocycles. The SMILES string of the molecule is NC(N)=NC1C[C@H]1C(=O)O. The number of aliphatic carboxylic acids is 1. The van der Waals surface area contributed by atoms with E-state index in [4.69, 9.17) is 16.6 Å². The van der Waals surface area contributed by atoms with E-state index in [0.717, 1.165) is 0 Å². The molecule has 0 amide bonds. The Morgan fingerprint density at radius 1 is 1.60 bits per heavy atom. The van der Waals surface area contributed by atoms with Crippen molar-refractivity contribution in [2.75, 3.05) is 0 Å². The lowest BCUT2D eigenvalue weighted by atomic mass is 10.4. The van der Waals surface area contributed by atoms with E-state index in [2.05, 4.69) is 4.99 Å². The third kappa shape index (κ3) is 1.37. The Kier molecular flexibility index (Phi) is 1.48. The molecule has 1 saturated carbocycles. The molecule has 1 unspecified atom stereocenters. The minimum absolute atomic E-state index is 0.0336. The molecule has 1 fully saturated rings. The molecule has 0 aromatic heterocycles. The molecule has 2 atom stereocenters. The van der Waals surface area contributed by atoms with Crippen molar-refractivity contribution in [2.24, 2.45) is 22.4 Å². The van der Waals surface area contributed by atoms with Gasteiger partial charge in [-0.05, 0) is 6.42 Å². The lowest BCUT2D eigenvalue weighted by Crippen LogP contribution is -2.23. The second-order valence-electron chi connectivity index (χ2n) is 2.30. The highest BCUT2D eigenvalue weighted by Crippen LogP contribution is 2.33. The highest BCUT2D eigenvalue weighted by molar-refractivity contribution is 5.79. The van der Waals surface area contributed by atoms with E-state index in [1.807, 2.05) is 0 Å². The fourth-order valence-electron chi connectivity index (χ4n) is 0.781. The first-order valence-corrected chi connectivity index (χ1v) is 2.93. The summed E-state index contributed by atoms with van der Waals surface area (Å²) >= 11 is 0. The summed E-state index contributed by atoms with van der Waals surface area (Å²) in [5, 5.41) is 8.39. The van der Waals surface area contributed by atoms with Crippen LogP contribution in [0.15, 0.2) is 4.99 Å². The van der Waals surface area contributed by atoms with Gasteiger partial charge in [-0.15, -0.1) is 0 Å². The second kappa shape index (κ2) is 2.17. The number of rotatable bonds is 2. The van der Waals surface area contributed by atoms with Gasteiger partial charge in [-0.2, -0.15) is 0 Å². The largest absolute Gasteiger partial charge is 0.481 e. The molecule has 0 spiro atoms. The fraction of sp³-hybridized carbons (Fsp3) is 0.600. The first-order chi connectivity index (χ1) is 4.61. The minimum Gasteiger partial charge on any atom is -0.481 e. The Balaban J connectivity index is 2.40. The minimum atomic E-state index is -0.824. The van der Waals surface area contributed by atoms with E-state index in [1.54, 1.807) is 0 Å². The molecule has 5 N–H and O–H groups in total. The van der Waals surface area contributed by atoms with Gasteiger partial charge in [0.25, 0.3) is 0 Å². The number of nitrogens with two attached hydrogens (primary N) is 2. The van der Waals surface area contributed by atoms with Crippen molar-refractivity contribution in [2.45, 2.75) is 12.5 Å². The van der Waals surface area contributed by atoms with E-state index in [-0.39, 0.29) is 17.9 Å². The third-order valence-electron chi connectivity index (χ3n) is 1.39. The van der Waals surface area contributed by atoms with Gasteiger partial charge in [-0.3, -0.25) is 4.79 Å². The van der Waals surface area contributed by atoms with Crippen LogP contribution in [-0.2, 0) is 4.79 Å². The van der Waals surface area contributed by atoms with Crippen LogP contribution in [0.3, 0.4) is 0 Å². The monoisotopic (exact) mass is 143 g/mol. The van der Waals surface area contributed by atoms with Gasteiger partial charge >= 0.3 is 5.97 Å². The molecule has 1 aliphatic rings. The number of hydrogen-bond donors (Lipinski definition) is 3.